The second-order valence-electron chi connectivity index (χ2n) is 6.24. The molecule has 0 spiro atoms. The van der Waals surface area contributed by atoms with Crippen LogP contribution in [0.3, 0.4) is 0 Å². The average Bonchev–Trinajstić information content (AvgIpc) is 3.08. The third kappa shape index (κ3) is 3.54. The van der Waals surface area contributed by atoms with Crippen LogP contribution in [0.25, 0.3) is 22.4 Å². The molecule has 0 unspecified atom stereocenters. The molecular weight excluding hydrogens is 381 g/mol. The van der Waals surface area contributed by atoms with Gasteiger partial charge in [0.25, 0.3) is 5.91 Å². The van der Waals surface area contributed by atoms with E-state index in [1.54, 1.807) is 30.3 Å². The topological polar surface area (TPSA) is 57.8 Å². The van der Waals surface area contributed by atoms with Gasteiger partial charge in [0.05, 0.1) is 26.8 Å². The van der Waals surface area contributed by atoms with Gasteiger partial charge in [-0.1, -0.05) is 47.5 Å². The lowest BCUT2D eigenvalue weighted by atomic mass is 10.1. The van der Waals surface area contributed by atoms with E-state index >= 15 is 0 Å². The quantitative estimate of drug-likeness (QED) is 0.440. The van der Waals surface area contributed by atoms with Crippen LogP contribution in [0.1, 0.15) is 15.9 Å². The Hall–Kier alpha value is -2.82. The van der Waals surface area contributed by atoms with Gasteiger partial charge in [-0.05, 0) is 48.9 Å². The van der Waals surface area contributed by atoms with Gasteiger partial charge in [0, 0.05) is 11.1 Å². The Morgan fingerprint density at radius 1 is 1.04 bits per heavy atom. The largest absolute Gasteiger partial charge is 0.338 e. The van der Waals surface area contributed by atoms with Gasteiger partial charge in [-0.3, -0.25) is 4.79 Å². The lowest BCUT2D eigenvalue weighted by Gasteiger charge is -2.08. The molecule has 0 atom stereocenters. The molecule has 0 bridgehead atoms. The Kier molecular flexibility index (Phi) is 4.60. The molecule has 0 fully saturated rings. The highest BCUT2D eigenvalue weighted by Gasteiger charge is 2.11. The van der Waals surface area contributed by atoms with Gasteiger partial charge in [-0.2, -0.15) is 0 Å². The smallest absolute Gasteiger partial charge is 0.255 e. The highest BCUT2D eigenvalue weighted by Crippen LogP contribution is 2.30. The van der Waals surface area contributed by atoms with Crippen molar-refractivity contribution in [1.82, 2.24) is 9.97 Å². The Morgan fingerprint density at radius 2 is 1.81 bits per heavy atom. The normalized spacial score (nSPS) is 10.9. The maximum atomic E-state index is 12.5. The fourth-order valence-electron chi connectivity index (χ4n) is 2.83. The zero-order valence-electron chi connectivity index (χ0n) is 14.4. The van der Waals surface area contributed by atoms with Crippen LogP contribution in [0.4, 0.5) is 5.69 Å². The van der Waals surface area contributed by atoms with Crippen molar-refractivity contribution in [1.29, 1.82) is 0 Å². The number of halogens is 2. The van der Waals surface area contributed by atoms with E-state index in [-0.39, 0.29) is 5.91 Å². The van der Waals surface area contributed by atoms with Crippen molar-refractivity contribution in [2.24, 2.45) is 0 Å². The van der Waals surface area contributed by atoms with Gasteiger partial charge in [0.2, 0.25) is 0 Å². The number of anilines is 1. The molecule has 1 heterocycles. The SMILES string of the molecule is Cc1ccc2nc(-c3ccc(C(=O)Nc4cccc(Cl)c4Cl)cc3)[nH]c2c1. The van der Waals surface area contributed by atoms with Crippen LogP contribution in [0.15, 0.2) is 60.7 Å². The molecule has 0 aliphatic heterocycles. The predicted molar refractivity (Wildman–Crippen MR) is 111 cm³/mol. The Balaban J connectivity index is 1.57. The summed E-state index contributed by atoms with van der Waals surface area (Å²) >= 11 is 12.1. The maximum absolute atomic E-state index is 12.5. The minimum Gasteiger partial charge on any atom is -0.338 e. The summed E-state index contributed by atoms with van der Waals surface area (Å²) in [5.74, 6) is 0.506. The van der Waals surface area contributed by atoms with E-state index in [1.807, 2.05) is 31.2 Å². The van der Waals surface area contributed by atoms with Gasteiger partial charge >= 0.3 is 0 Å². The van der Waals surface area contributed by atoms with E-state index < -0.39 is 0 Å². The van der Waals surface area contributed by atoms with Crippen LogP contribution < -0.4 is 5.32 Å². The Morgan fingerprint density at radius 3 is 2.59 bits per heavy atom. The number of aryl methyl sites for hydroxylation is 1. The zero-order valence-corrected chi connectivity index (χ0v) is 15.9. The fourth-order valence-corrected chi connectivity index (χ4v) is 3.18. The minimum atomic E-state index is -0.258. The molecule has 1 aromatic heterocycles. The summed E-state index contributed by atoms with van der Waals surface area (Å²) in [6.07, 6.45) is 0. The number of fused-ring (bicyclic) bond motifs is 1. The first-order valence-corrected chi connectivity index (χ1v) is 9.09. The van der Waals surface area contributed by atoms with Crippen molar-refractivity contribution in [3.8, 4) is 11.4 Å². The number of hydrogen-bond donors (Lipinski definition) is 2. The van der Waals surface area contributed by atoms with Crippen molar-refractivity contribution in [3.63, 3.8) is 0 Å². The summed E-state index contributed by atoms with van der Waals surface area (Å²) in [5, 5.41) is 3.49. The minimum absolute atomic E-state index is 0.258. The number of rotatable bonds is 3. The van der Waals surface area contributed by atoms with Crippen LogP contribution in [0.2, 0.25) is 10.0 Å². The molecule has 4 rings (SSSR count). The molecule has 0 radical (unpaired) electrons. The van der Waals surface area contributed by atoms with Crippen molar-refractivity contribution in [2.75, 3.05) is 5.32 Å². The average molecular weight is 396 g/mol. The van der Waals surface area contributed by atoms with Crippen LogP contribution >= 0.6 is 23.2 Å². The standard InChI is InChI=1S/C21H15Cl2N3O/c1-12-5-10-16-18(11-12)25-20(24-16)13-6-8-14(9-7-13)21(27)26-17-4-2-3-15(22)19(17)23/h2-11H,1H3,(H,24,25)(H,26,27). The second-order valence-corrected chi connectivity index (χ2v) is 7.02. The molecule has 4 aromatic rings. The number of hydrogen-bond acceptors (Lipinski definition) is 2. The maximum Gasteiger partial charge on any atom is 0.255 e. The molecule has 0 aliphatic rings. The van der Waals surface area contributed by atoms with Crippen LogP contribution in [-0.4, -0.2) is 15.9 Å². The number of H-pyrrole nitrogens is 1. The molecule has 134 valence electrons. The van der Waals surface area contributed by atoms with Gasteiger partial charge in [-0.25, -0.2) is 4.98 Å². The van der Waals surface area contributed by atoms with E-state index in [9.17, 15) is 4.79 Å². The lowest BCUT2D eigenvalue weighted by Crippen LogP contribution is -2.12. The lowest BCUT2D eigenvalue weighted by molar-refractivity contribution is 0.102. The first kappa shape index (κ1) is 17.6. The number of nitrogens with zero attached hydrogens (tertiary/aromatic N) is 1. The van der Waals surface area contributed by atoms with Crippen molar-refractivity contribution >= 4 is 45.8 Å². The second kappa shape index (κ2) is 7.06. The first-order chi connectivity index (χ1) is 13.0. The molecule has 6 heteroatoms. The summed E-state index contributed by atoms with van der Waals surface area (Å²) in [6.45, 7) is 2.04. The van der Waals surface area contributed by atoms with Crippen LogP contribution in [-0.2, 0) is 0 Å². The van der Waals surface area contributed by atoms with Gasteiger partial charge in [0.1, 0.15) is 5.82 Å². The van der Waals surface area contributed by atoms with Gasteiger partial charge in [0.15, 0.2) is 0 Å². The Bertz CT molecular complexity index is 1150. The van der Waals surface area contributed by atoms with E-state index in [0.29, 0.717) is 21.3 Å². The van der Waals surface area contributed by atoms with E-state index in [4.69, 9.17) is 23.2 Å². The summed E-state index contributed by atoms with van der Waals surface area (Å²) in [4.78, 5) is 20.4. The first-order valence-electron chi connectivity index (χ1n) is 8.33. The van der Waals surface area contributed by atoms with Crippen molar-refractivity contribution in [3.05, 3.63) is 81.8 Å². The molecule has 2 N–H and O–H groups in total. The number of aromatic nitrogens is 2. The third-order valence-corrected chi connectivity index (χ3v) is 5.08. The predicted octanol–water partition coefficient (Wildman–Crippen LogP) is 6.10. The molecule has 27 heavy (non-hydrogen) atoms. The zero-order chi connectivity index (χ0) is 19.0. The summed E-state index contributed by atoms with van der Waals surface area (Å²) < 4.78 is 0. The van der Waals surface area contributed by atoms with Gasteiger partial charge < -0.3 is 10.3 Å². The molecular formula is C21H15Cl2N3O. The van der Waals surface area contributed by atoms with Crippen LogP contribution in [0, 0.1) is 6.92 Å². The number of amides is 1. The molecule has 0 aliphatic carbocycles. The number of aromatic amines is 1. The molecule has 4 nitrogen and oxygen atoms in total. The number of carbonyl (C=O) groups excluding carboxylic acids is 1. The molecule has 0 saturated heterocycles. The molecule has 0 saturated carbocycles. The summed E-state index contributed by atoms with van der Waals surface area (Å²) in [5.41, 5.74) is 4.97. The number of imidazole rings is 1. The summed E-state index contributed by atoms with van der Waals surface area (Å²) in [7, 11) is 0. The number of benzene rings is 3. The molecule has 1 amide bonds. The van der Waals surface area contributed by atoms with Crippen molar-refractivity contribution in [2.45, 2.75) is 6.92 Å². The number of carbonyl (C=O) groups is 1. The highest BCUT2D eigenvalue weighted by atomic mass is 35.5. The fraction of sp³-hybridized carbons (Fsp3) is 0.0476. The van der Waals surface area contributed by atoms with Crippen molar-refractivity contribution < 1.29 is 4.79 Å². The van der Waals surface area contributed by atoms with E-state index in [1.165, 1.54) is 5.56 Å². The molecule has 3 aromatic carbocycles. The van der Waals surface area contributed by atoms with E-state index in [0.717, 1.165) is 22.4 Å². The number of nitrogens with one attached hydrogen (secondary N) is 2. The van der Waals surface area contributed by atoms with Crippen LogP contribution in [0.5, 0.6) is 0 Å². The van der Waals surface area contributed by atoms with Gasteiger partial charge in [-0.15, -0.1) is 0 Å². The summed E-state index contributed by atoms with van der Waals surface area (Å²) in [6, 6.07) is 18.4. The van der Waals surface area contributed by atoms with E-state index in [2.05, 4.69) is 21.4 Å². The highest BCUT2D eigenvalue weighted by molar-refractivity contribution is 6.44. The Labute approximate surface area is 166 Å². The monoisotopic (exact) mass is 395 g/mol. The third-order valence-electron chi connectivity index (χ3n) is 4.26.